The summed E-state index contributed by atoms with van der Waals surface area (Å²) in [5.74, 6) is 0. The third kappa shape index (κ3) is 1.56. The van der Waals surface area contributed by atoms with Crippen molar-refractivity contribution in [2.24, 2.45) is 0 Å². The minimum Gasteiger partial charge on any atom is -0.377 e. The number of hydrogen-bond donors (Lipinski definition) is 0. The Labute approximate surface area is 58.6 Å². The molecule has 1 nitrogen and oxygen atoms in total. The molecule has 10 heavy (non-hydrogen) atoms. The molecule has 0 aromatic rings. The van der Waals surface area contributed by atoms with E-state index in [2.05, 4.69) is 0 Å². The van der Waals surface area contributed by atoms with E-state index in [4.69, 9.17) is 0 Å². The monoisotopic (exact) mass is 145 g/mol. The second-order valence-corrected chi connectivity index (χ2v) is 2.26. The molecule has 0 atom stereocenters. The molecule has 0 fully saturated rings. The van der Waals surface area contributed by atoms with Gasteiger partial charge in [0, 0.05) is 19.2 Å². The predicted octanol–water partition coefficient (Wildman–Crippen LogP) is 1.64. The Kier molecular flexibility index (Phi) is 2.04. The first kappa shape index (κ1) is 7.25. The smallest absolute Gasteiger partial charge is 0.263 e. The van der Waals surface area contributed by atoms with Gasteiger partial charge in [-0.25, -0.2) is 8.78 Å². The number of nitrogens with zero attached hydrogens (tertiary/aromatic N) is 1. The lowest BCUT2D eigenvalue weighted by Gasteiger charge is -2.16. The first-order valence-corrected chi connectivity index (χ1v) is 3.07. The molecule has 0 N–H and O–H groups in total. The normalized spacial score (nSPS) is 18.0. The van der Waals surface area contributed by atoms with E-state index in [1.807, 2.05) is 11.9 Å². The molecule has 0 bridgehead atoms. The first-order chi connectivity index (χ1) is 4.70. The van der Waals surface area contributed by atoms with Crippen LogP contribution in [0, 0.1) is 0 Å². The van der Waals surface area contributed by atoms with Gasteiger partial charge in [-0.15, -0.1) is 0 Å². The van der Waals surface area contributed by atoms with Crippen LogP contribution in [0.5, 0.6) is 0 Å². The lowest BCUT2D eigenvalue weighted by atomic mass is 10.2. The molecule has 0 saturated heterocycles. The molecule has 0 aromatic heterocycles. The van der Waals surface area contributed by atoms with Crippen LogP contribution in [0.1, 0.15) is 0 Å². The van der Waals surface area contributed by atoms with Gasteiger partial charge in [0.1, 0.15) is 0 Å². The van der Waals surface area contributed by atoms with Gasteiger partial charge in [-0.1, -0.05) is 6.08 Å². The highest BCUT2D eigenvalue weighted by Gasteiger charge is 2.09. The van der Waals surface area contributed by atoms with Gasteiger partial charge in [0.25, 0.3) is 6.43 Å². The van der Waals surface area contributed by atoms with Gasteiger partial charge in [0.05, 0.1) is 0 Å². The van der Waals surface area contributed by atoms with Gasteiger partial charge in [-0.3, -0.25) is 0 Å². The van der Waals surface area contributed by atoms with Crippen LogP contribution >= 0.6 is 0 Å². The van der Waals surface area contributed by atoms with Crippen molar-refractivity contribution in [3.05, 3.63) is 23.9 Å². The summed E-state index contributed by atoms with van der Waals surface area (Å²) in [4.78, 5) is 1.84. The molecule has 1 rings (SSSR count). The molecule has 0 amide bonds. The summed E-state index contributed by atoms with van der Waals surface area (Å²) in [5, 5.41) is 0. The van der Waals surface area contributed by atoms with Crippen molar-refractivity contribution < 1.29 is 8.78 Å². The molecule has 0 spiro atoms. The van der Waals surface area contributed by atoms with E-state index in [-0.39, 0.29) is 5.57 Å². The topological polar surface area (TPSA) is 3.24 Å². The summed E-state index contributed by atoms with van der Waals surface area (Å²) in [6.45, 7) is 0.580. The molecule has 1 aliphatic rings. The minimum absolute atomic E-state index is 0.123. The lowest BCUT2D eigenvalue weighted by molar-refractivity contribution is 0.192. The lowest BCUT2D eigenvalue weighted by Crippen LogP contribution is -2.15. The molecule has 0 aromatic carbocycles. The Bertz CT molecular complexity index is 172. The Morgan fingerprint density at radius 3 is 2.70 bits per heavy atom. The van der Waals surface area contributed by atoms with Crippen molar-refractivity contribution in [1.29, 1.82) is 0 Å². The van der Waals surface area contributed by atoms with Crippen molar-refractivity contribution in [1.82, 2.24) is 4.90 Å². The van der Waals surface area contributed by atoms with Crippen LogP contribution in [0.4, 0.5) is 8.78 Å². The van der Waals surface area contributed by atoms with Crippen LogP contribution in [0.2, 0.25) is 0 Å². The fourth-order valence-electron chi connectivity index (χ4n) is 0.753. The Morgan fingerprint density at radius 2 is 2.30 bits per heavy atom. The predicted molar refractivity (Wildman–Crippen MR) is 35.9 cm³/mol. The standard InChI is InChI=1S/C7H9F2N/c1-10-4-2-6(3-5-10)7(8)9/h2-4,7H,5H2,1H3. The van der Waals surface area contributed by atoms with E-state index in [1.54, 1.807) is 6.20 Å². The van der Waals surface area contributed by atoms with Crippen LogP contribution in [-0.2, 0) is 0 Å². The number of hydrogen-bond acceptors (Lipinski definition) is 1. The number of likely N-dealkylation sites (N-methyl/N-ethyl adjacent to an activating group) is 1. The summed E-state index contributed by atoms with van der Waals surface area (Å²) in [7, 11) is 1.84. The molecule has 56 valence electrons. The minimum atomic E-state index is -2.33. The average molecular weight is 145 g/mol. The maximum Gasteiger partial charge on any atom is 0.263 e. The zero-order valence-corrected chi connectivity index (χ0v) is 5.72. The van der Waals surface area contributed by atoms with Crippen LogP contribution in [0.15, 0.2) is 23.9 Å². The number of allylic oxidation sites excluding steroid dienone is 2. The highest BCUT2D eigenvalue weighted by atomic mass is 19.3. The molecule has 0 aliphatic carbocycles. The molecule has 1 aliphatic heterocycles. The average Bonchev–Trinajstić information content (AvgIpc) is 1.88. The van der Waals surface area contributed by atoms with Gasteiger partial charge in [0.15, 0.2) is 0 Å². The Morgan fingerprint density at radius 1 is 1.60 bits per heavy atom. The molecule has 0 radical (unpaired) electrons. The fraction of sp³-hybridized carbons (Fsp3) is 0.429. The third-order valence-corrected chi connectivity index (χ3v) is 1.39. The van der Waals surface area contributed by atoms with Crippen molar-refractivity contribution in [2.45, 2.75) is 6.43 Å². The van der Waals surface area contributed by atoms with Crippen LogP contribution in [0.3, 0.4) is 0 Å². The van der Waals surface area contributed by atoms with Gasteiger partial charge >= 0.3 is 0 Å². The van der Waals surface area contributed by atoms with Crippen molar-refractivity contribution >= 4 is 0 Å². The van der Waals surface area contributed by atoms with E-state index >= 15 is 0 Å². The van der Waals surface area contributed by atoms with Crippen molar-refractivity contribution in [3.8, 4) is 0 Å². The zero-order chi connectivity index (χ0) is 7.56. The second-order valence-electron chi connectivity index (χ2n) is 2.26. The van der Waals surface area contributed by atoms with Gasteiger partial charge in [-0.2, -0.15) is 0 Å². The second kappa shape index (κ2) is 2.82. The van der Waals surface area contributed by atoms with Crippen LogP contribution in [-0.4, -0.2) is 24.9 Å². The molecule has 3 heteroatoms. The number of alkyl halides is 2. The summed E-state index contributed by atoms with van der Waals surface area (Å²) in [6.07, 6.45) is 2.30. The zero-order valence-electron chi connectivity index (χ0n) is 5.72. The Hall–Kier alpha value is -0.860. The van der Waals surface area contributed by atoms with E-state index in [9.17, 15) is 8.78 Å². The number of rotatable bonds is 1. The molecular weight excluding hydrogens is 136 g/mol. The van der Waals surface area contributed by atoms with E-state index in [0.717, 1.165) is 0 Å². The summed E-state index contributed by atoms with van der Waals surface area (Å²) in [6, 6.07) is 0. The molecule has 0 saturated carbocycles. The Balaban J connectivity index is 2.59. The van der Waals surface area contributed by atoms with E-state index in [1.165, 1.54) is 12.2 Å². The first-order valence-electron chi connectivity index (χ1n) is 3.07. The summed E-state index contributed by atoms with van der Waals surface area (Å²) >= 11 is 0. The number of halogens is 2. The third-order valence-electron chi connectivity index (χ3n) is 1.39. The van der Waals surface area contributed by atoms with Crippen molar-refractivity contribution in [3.63, 3.8) is 0 Å². The molecular formula is C7H9F2N. The molecule has 0 unspecified atom stereocenters. The maximum atomic E-state index is 11.9. The fourth-order valence-corrected chi connectivity index (χ4v) is 0.753. The quantitative estimate of drug-likeness (QED) is 0.542. The van der Waals surface area contributed by atoms with Crippen molar-refractivity contribution in [2.75, 3.05) is 13.6 Å². The van der Waals surface area contributed by atoms with Crippen LogP contribution in [0.25, 0.3) is 0 Å². The van der Waals surface area contributed by atoms with Gasteiger partial charge in [-0.05, 0) is 12.3 Å². The van der Waals surface area contributed by atoms with E-state index < -0.39 is 6.43 Å². The molecule has 1 heterocycles. The largest absolute Gasteiger partial charge is 0.377 e. The van der Waals surface area contributed by atoms with Crippen LogP contribution < -0.4 is 0 Å². The highest BCUT2D eigenvalue weighted by Crippen LogP contribution is 2.13. The maximum absolute atomic E-state index is 11.9. The van der Waals surface area contributed by atoms with Gasteiger partial charge < -0.3 is 4.90 Å². The summed E-state index contributed by atoms with van der Waals surface area (Å²) < 4.78 is 23.8. The highest BCUT2D eigenvalue weighted by molar-refractivity contribution is 5.24. The summed E-state index contributed by atoms with van der Waals surface area (Å²) in [5.41, 5.74) is 0.123. The SMILES string of the molecule is CN1C=CC(C(F)F)=CC1. The van der Waals surface area contributed by atoms with E-state index in [0.29, 0.717) is 6.54 Å². The van der Waals surface area contributed by atoms with Gasteiger partial charge in [0.2, 0.25) is 0 Å².